The summed E-state index contributed by atoms with van der Waals surface area (Å²) in [5.74, 6) is -1.28. The highest BCUT2D eigenvalue weighted by Crippen LogP contribution is 2.31. The van der Waals surface area contributed by atoms with Gasteiger partial charge in [0.15, 0.2) is 0 Å². The van der Waals surface area contributed by atoms with Gasteiger partial charge in [-0.25, -0.2) is 8.42 Å². The third-order valence-electron chi connectivity index (χ3n) is 3.49. The van der Waals surface area contributed by atoms with Crippen LogP contribution < -0.4 is 4.74 Å². The molecule has 0 spiro atoms. The Hall–Kier alpha value is -1.31. The molecular weight excluding hydrogens is 318 g/mol. The number of carbonyl (C=O) groups is 1. The van der Waals surface area contributed by atoms with Crippen LogP contribution in [0.1, 0.15) is 12.8 Å². The number of carboxylic acids is 1. The average molecular weight is 334 g/mol. The summed E-state index contributed by atoms with van der Waals surface area (Å²) in [5.41, 5.74) is 0. The Morgan fingerprint density at radius 1 is 1.48 bits per heavy atom. The zero-order valence-corrected chi connectivity index (χ0v) is 13.0. The maximum atomic E-state index is 12.6. The maximum absolute atomic E-state index is 12.6. The predicted molar refractivity (Wildman–Crippen MR) is 77.1 cm³/mol. The Morgan fingerprint density at radius 2 is 2.19 bits per heavy atom. The van der Waals surface area contributed by atoms with Gasteiger partial charge in [0.25, 0.3) is 0 Å². The molecule has 1 aliphatic rings. The van der Waals surface area contributed by atoms with Crippen LogP contribution in [-0.4, -0.2) is 44.0 Å². The molecule has 1 saturated heterocycles. The first kappa shape index (κ1) is 16.1. The second-order valence-corrected chi connectivity index (χ2v) is 7.15. The number of aliphatic carboxylic acids is 1. The molecule has 1 N–H and O–H groups in total. The van der Waals surface area contributed by atoms with Gasteiger partial charge in [-0.1, -0.05) is 11.6 Å². The third kappa shape index (κ3) is 3.30. The molecule has 0 aliphatic carbocycles. The van der Waals surface area contributed by atoms with Gasteiger partial charge in [-0.2, -0.15) is 4.31 Å². The van der Waals surface area contributed by atoms with Crippen LogP contribution >= 0.6 is 11.6 Å². The van der Waals surface area contributed by atoms with E-state index in [1.54, 1.807) is 6.07 Å². The Morgan fingerprint density at radius 3 is 2.81 bits per heavy atom. The molecule has 0 amide bonds. The summed E-state index contributed by atoms with van der Waals surface area (Å²) in [7, 11) is -2.40. The van der Waals surface area contributed by atoms with E-state index < -0.39 is 21.9 Å². The van der Waals surface area contributed by atoms with Gasteiger partial charge < -0.3 is 9.84 Å². The van der Waals surface area contributed by atoms with E-state index in [4.69, 9.17) is 21.4 Å². The van der Waals surface area contributed by atoms with E-state index in [9.17, 15) is 13.2 Å². The number of hydrogen-bond donors (Lipinski definition) is 1. The van der Waals surface area contributed by atoms with Gasteiger partial charge in [0.2, 0.25) is 10.0 Å². The van der Waals surface area contributed by atoms with E-state index in [1.807, 2.05) is 0 Å². The van der Waals surface area contributed by atoms with Crippen LogP contribution in [0.2, 0.25) is 5.02 Å². The van der Waals surface area contributed by atoms with Crippen LogP contribution in [0.4, 0.5) is 0 Å². The van der Waals surface area contributed by atoms with Gasteiger partial charge in [0.1, 0.15) is 10.6 Å². The lowest BCUT2D eigenvalue weighted by Crippen LogP contribution is -2.42. The van der Waals surface area contributed by atoms with Gasteiger partial charge in [-0.3, -0.25) is 4.79 Å². The van der Waals surface area contributed by atoms with E-state index in [0.29, 0.717) is 25.1 Å². The summed E-state index contributed by atoms with van der Waals surface area (Å²) in [6.07, 6.45) is 0.991. The SMILES string of the molecule is COc1ccc(Cl)c(S(=O)(=O)N2CCC[C@@H](C(=O)O)C2)c1. The summed E-state index contributed by atoms with van der Waals surface area (Å²) < 4.78 is 31.5. The molecule has 1 aromatic rings. The zero-order chi connectivity index (χ0) is 15.6. The molecule has 1 atom stereocenters. The fourth-order valence-corrected chi connectivity index (χ4v) is 4.32. The molecule has 0 aromatic heterocycles. The fourth-order valence-electron chi connectivity index (χ4n) is 2.31. The van der Waals surface area contributed by atoms with Crippen LogP contribution in [0.5, 0.6) is 5.75 Å². The first-order valence-corrected chi connectivity index (χ1v) is 8.24. The maximum Gasteiger partial charge on any atom is 0.307 e. The van der Waals surface area contributed by atoms with Crippen molar-refractivity contribution in [1.82, 2.24) is 4.31 Å². The van der Waals surface area contributed by atoms with Crippen molar-refractivity contribution in [2.24, 2.45) is 5.92 Å². The van der Waals surface area contributed by atoms with Crippen molar-refractivity contribution in [2.45, 2.75) is 17.7 Å². The number of ether oxygens (including phenoxy) is 1. The highest BCUT2D eigenvalue weighted by atomic mass is 35.5. The van der Waals surface area contributed by atoms with Gasteiger partial charge in [-0.15, -0.1) is 0 Å². The predicted octanol–water partition coefficient (Wildman–Crippen LogP) is 1.83. The van der Waals surface area contributed by atoms with Crippen LogP contribution in [0.15, 0.2) is 23.1 Å². The quantitative estimate of drug-likeness (QED) is 0.908. The number of halogens is 1. The molecule has 0 bridgehead atoms. The molecular formula is C13H16ClNO5S. The minimum absolute atomic E-state index is 0.0365. The zero-order valence-electron chi connectivity index (χ0n) is 11.5. The molecule has 21 heavy (non-hydrogen) atoms. The largest absolute Gasteiger partial charge is 0.497 e. The van der Waals surface area contributed by atoms with Crippen molar-refractivity contribution in [2.75, 3.05) is 20.2 Å². The van der Waals surface area contributed by atoms with E-state index in [2.05, 4.69) is 0 Å². The molecule has 0 unspecified atom stereocenters. The van der Waals surface area contributed by atoms with Crippen molar-refractivity contribution < 1.29 is 23.1 Å². The minimum Gasteiger partial charge on any atom is -0.497 e. The van der Waals surface area contributed by atoms with Gasteiger partial charge in [0.05, 0.1) is 18.1 Å². The lowest BCUT2D eigenvalue weighted by molar-refractivity contribution is -0.142. The van der Waals surface area contributed by atoms with Crippen LogP contribution in [0, 0.1) is 5.92 Å². The molecule has 8 heteroatoms. The number of nitrogens with zero attached hydrogens (tertiary/aromatic N) is 1. The summed E-state index contributed by atoms with van der Waals surface area (Å²) >= 11 is 5.98. The van der Waals surface area contributed by atoms with Gasteiger partial charge in [-0.05, 0) is 25.0 Å². The molecule has 1 aliphatic heterocycles. The standard InChI is InChI=1S/C13H16ClNO5S/c1-20-10-4-5-11(14)12(7-10)21(18,19)15-6-2-3-9(8-15)13(16)17/h4-5,7,9H,2-3,6,8H2,1H3,(H,16,17)/t9-/m1/s1. The van der Waals surface area contributed by atoms with Crippen LogP contribution in [-0.2, 0) is 14.8 Å². The van der Waals surface area contributed by atoms with Crippen molar-refractivity contribution in [1.29, 1.82) is 0 Å². The van der Waals surface area contributed by atoms with E-state index in [-0.39, 0.29) is 16.5 Å². The van der Waals surface area contributed by atoms with E-state index >= 15 is 0 Å². The average Bonchev–Trinajstić information content (AvgIpc) is 2.47. The summed E-state index contributed by atoms with van der Waals surface area (Å²) in [6, 6.07) is 4.37. The Kier molecular flexibility index (Phi) is 4.75. The Labute approximate surface area is 128 Å². The lowest BCUT2D eigenvalue weighted by Gasteiger charge is -2.30. The fraction of sp³-hybridized carbons (Fsp3) is 0.462. The van der Waals surface area contributed by atoms with Gasteiger partial charge in [0, 0.05) is 19.2 Å². The molecule has 1 aromatic carbocycles. The number of sulfonamides is 1. The highest BCUT2D eigenvalue weighted by Gasteiger charge is 2.34. The molecule has 1 heterocycles. The minimum atomic E-state index is -3.83. The molecule has 0 radical (unpaired) electrons. The summed E-state index contributed by atoms with van der Waals surface area (Å²) in [4.78, 5) is 11.0. The number of rotatable bonds is 4. The number of carboxylic acid groups (broad SMARTS) is 1. The summed E-state index contributed by atoms with van der Waals surface area (Å²) in [6.45, 7) is 0.255. The first-order valence-electron chi connectivity index (χ1n) is 6.42. The lowest BCUT2D eigenvalue weighted by atomic mass is 10.0. The van der Waals surface area contributed by atoms with Gasteiger partial charge >= 0.3 is 5.97 Å². The number of hydrogen-bond acceptors (Lipinski definition) is 4. The summed E-state index contributed by atoms with van der Waals surface area (Å²) in [5, 5.41) is 9.15. The van der Waals surface area contributed by atoms with E-state index in [0.717, 1.165) is 0 Å². The second kappa shape index (κ2) is 6.21. The number of methoxy groups -OCH3 is 1. The topological polar surface area (TPSA) is 83.9 Å². The molecule has 1 fully saturated rings. The van der Waals surface area contributed by atoms with Crippen molar-refractivity contribution >= 4 is 27.6 Å². The van der Waals surface area contributed by atoms with Crippen molar-refractivity contribution in [3.8, 4) is 5.75 Å². The Bertz CT molecular complexity index is 646. The third-order valence-corrected chi connectivity index (χ3v) is 5.84. The van der Waals surface area contributed by atoms with E-state index in [1.165, 1.54) is 23.5 Å². The second-order valence-electron chi connectivity index (χ2n) is 4.84. The van der Waals surface area contributed by atoms with Crippen molar-refractivity contribution in [3.63, 3.8) is 0 Å². The molecule has 2 rings (SSSR count). The number of benzene rings is 1. The number of piperidine rings is 1. The molecule has 116 valence electrons. The first-order chi connectivity index (χ1) is 9.86. The van der Waals surface area contributed by atoms with Crippen LogP contribution in [0.25, 0.3) is 0 Å². The highest BCUT2D eigenvalue weighted by molar-refractivity contribution is 7.89. The van der Waals surface area contributed by atoms with Crippen molar-refractivity contribution in [3.05, 3.63) is 23.2 Å². The van der Waals surface area contributed by atoms with Crippen LogP contribution in [0.3, 0.4) is 0 Å². The molecule has 6 nitrogen and oxygen atoms in total. The Balaban J connectivity index is 2.35. The normalized spacial score (nSPS) is 20.2. The monoisotopic (exact) mass is 333 g/mol. The molecule has 0 saturated carbocycles. The smallest absolute Gasteiger partial charge is 0.307 e.